The van der Waals surface area contributed by atoms with Gasteiger partial charge in [0.1, 0.15) is 0 Å². The number of benzene rings is 3. The van der Waals surface area contributed by atoms with Gasteiger partial charge in [-0.25, -0.2) is 0 Å². The zero-order valence-electron chi connectivity index (χ0n) is 12.0. The van der Waals surface area contributed by atoms with Crippen LogP contribution in [0.25, 0.3) is 0 Å². The highest BCUT2D eigenvalue weighted by Crippen LogP contribution is 2.34. The Kier molecular flexibility index (Phi) is 3.88. The van der Waals surface area contributed by atoms with Crippen LogP contribution in [0.15, 0.2) is 84.9 Å². The lowest BCUT2D eigenvalue weighted by Crippen LogP contribution is -2.09. The van der Waals surface area contributed by atoms with Crippen LogP contribution in [0, 0.1) is 0 Å². The third-order valence-electron chi connectivity index (χ3n) is 3.42. The number of nitrogens with one attached hydrogen (secondary N) is 1. The highest BCUT2D eigenvalue weighted by Gasteiger charge is 2.11. The van der Waals surface area contributed by atoms with Crippen molar-refractivity contribution in [3.63, 3.8) is 0 Å². The standard InChI is InChI=1S/C19H18N2/c1-20-16-9-8-14-19(15-16)21(17-10-4-2-5-11-17)18-12-6-3-7-13-18/h2-15,20H,1H3. The Hall–Kier alpha value is -2.74. The highest BCUT2D eigenvalue weighted by atomic mass is 15.1. The predicted octanol–water partition coefficient (Wildman–Crippen LogP) is 5.20. The van der Waals surface area contributed by atoms with Gasteiger partial charge in [-0.15, -0.1) is 0 Å². The zero-order valence-corrected chi connectivity index (χ0v) is 12.0. The zero-order chi connectivity index (χ0) is 14.5. The molecule has 2 heteroatoms. The Morgan fingerprint density at radius 3 is 1.67 bits per heavy atom. The minimum Gasteiger partial charge on any atom is -0.388 e. The molecule has 0 aromatic heterocycles. The van der Waals surface area contributed by atoms with Crippen molar-refractivity contribution in [2.24, 2.45) is 0 Å². The molecule has 21 heavy (non-hydrogen) atoms. The molecule has 0 radical (unpaired) electrons. The normalized spacial score (nSPS) is 10.1. The third-order valence-corrected chi connectivity index (χ3v) is 3.42. The molecule has 0 heterocycles. The van der Waals surface area contributed by atoms with Crippen molar-refractivity contribution >= 4 is 22.7 Å². The Bertz CT molecular complexity index is 654. The number of hydrogen-bond donors (Lipinski definition) is 1. The summed E-state index contributed by atoms with van der Waals surface area (Å²) in [5.41, 5.74) is 4.54. The van der Waals surface area contributed by atoms with Gasteiger partial charge in [-0.3, -0.25) is 0 Å². The van der Waals surface area contributed by atoms with Crippen LogP contribution >= 0.6 is 0 Å². The smallest absolute Gasteiger partial charge is 0.0482 e. The van der Waals surface area contributed by atoms with Gasteiger partial charge in [-0.1, -0.05) is 42.5 Å². The van der Waals surface area contributed by atoms with Crippen LogP contribution in [0.5, 0.6) is 0 Å². The van der Waals surface area contributed by atoms with Crippen molar-refractivity contribution in [2.75, 3.05) is 17.3 Å². The van der Waals surface area contributed by atoms with Crippen LogP contribution in [0.2, 0.25) is 0 Å². The van der Waals surface area contributed by atoms with Gasteiger partial charge in [0.15, 0.2) is 0 Å². The quantitative estimate of drug-likeness (QED) is 0.703. The van der Waals surface area contributed by atoms with E-state index < -0.39 is 0 Å². The van der Waals surface area contributed by atoms with E-state index >= 15 is 0 Å². The average Bonchev–Trinajstić information content (AvgIpc) is 2.57. The maximum atomic E-state index is 3.20. The van der Waals surface area contributed by atoms with E-state index in [0.717, 1.165) is 22.7 Å². The fourth-order valence-electron chi connectivity index (χ4n) is 2.40. The predicted molar refractivity (Wildman–Crippen MR) is 90.7 cm³/mol. The van der Waals surface area contributed by atoms with E-state index in [1.54, 1.807) is 0 Å². The molecule has 2 nitrogen and oxygen atoms in total. The van der Waals surface area contributed by atoms with Gasteiger partial charge < -0.3 is 10.2 Å². The van der Waals surface area contributed by atoms with Crippen molar-refractivity contribution in [1.29, 1.82) is 0 Å². The minimum absolute atomic E-state index is 1.10. The molecule has 0 atom stereocenters. The summed E-state index contributed by atoms with van der Waals surface area (Å²) in [6.07, 6.45) is 0. The summed E-state index contributed by atoms with van der Waals surface area (Å²) in [7, 11) is 1.94. The third kappa shape index (κ3) is 2.90. The second-order valence-electron chi connectivity index (χ2n) is 4.81. The SMILES string of the molecule is CNc1cccc(N(c2ccccc2)c2ccccc2)c1. The molecule has 0 fully saturated rings. The number of anilines is 4. The monoisotopic (exact) mass is 274 g/mol. The summed E-state index contributed by atoms with van der Waals surface area (Å²) in [6.45, 7) is 0. The van der Waals surface area contributed by atoms with Gasteiger partial charge in [-0.05, 0) is 42.5 Å². The van der Waals surface area contributed by atoms with E-state index in [9.17, 15) is 0 Å². The van der Waals surface area contributed by atoms with E-state index in [0.29, 0.717) is 0 Å². The molecular formula is C19H18N2. The lowest BCUT2D eigenvalue weighted by molar-refractivity contribution is 1.28. The summed E-state index contributed by atoms with van der Waals surface area (Å²) >= 11 is 0. The first-order valence-electron chi connectivity index (χ1n) is 7.06. The number of hydrogen-bond acceptors (Lipinski definition) is 2. The summed E-state index contributed by atoms with van der Waals surface area (Å²) in [4.78, 5) is 2.25. The van der Waals surface area contributed by atoms with E-state index in [2.05, 4.69) is 83.0 Å². The topological polar surface area (TPSA) is 15.3 Å². The van der Waals surface area contributed by atoms with Crippen molar-refractivity contribution in [3.05, 3.63) is 84.9 Å². The van der Waals surface area contributed by atoms with Gasteiger partial charge in [-0.2, -0.15) is 0 Å². The molecule has 104 valence electrons. The van der Waals surface area contributed by atoms with Crippen molar-refractivity contribution in [3.8, 4) is 0 Å². The van der Waals surface area contributed by atoms with Crippen LogP contribution in [-0.4, -0.2) is 7.05 Å². The van der Waals surface area contributed by atoms with Crippen molar-refractivity contribution in [1.82, 2.24) is 0 Å². The number of para-hydroxylation sites is 2. The maximum absolute atomic E-state index is 3.20. The molecule has 0 aliphatic heterocycles. The molecule has 0 spiro atoms. The highest BCUT2D eigenvalue weighted by molar-refractivity contribution is 5.78. The first-order valence-corrected chi connectivity index (χ1v) is 7.06. The first-order chi connectivity index (χ1) is 10.4. The molecule has 1 N–H and O–H groups in total. The molecule has 3 rings (SSSR count). The fraction of sp³-hybridized carbons (Fsp3) is 0.0526. The lowest BCUT2D eigenvalue weighted by atomic mass is 10.2. The Labute approximate surface area is 125 Å². The molecule has 3 aromatic rings. The molecule has 0 amide bonds. The van der Waals surface area contributed by atoms with Crippen LogP contribution in [0.3, 0.4) is 0 Å². The number of nitrogens with zero attached hydrogens (tertiary/aromatic N) is 1. The van der Waals surface area contributed by atoms with E-state index in [-0.39, 0.29) is 0 Å². The van der Waals surface area contributed by atoms with Gasteiger partial charge in [0.25, 0.3) is 0 Å². The molecule has 0 bridgehead atoms. The Balaban J connectivity index is 2.12. The largest absolute Gasteiger partial charge is 0.388 e. The summed E-state index contributed by atoms with van der Waals surface area (Å²) in [5, 5.41) is 3.20. The lowest BCUT2D eigenvalue weighted by Gasteiger charge is -2.25. The molecule has 0 aliphatic carbocycles. The maximum Gasteiger partial charge on any atom is 0.0482 e. The first kappa shape index (κ1) is 13.3. The molecule has 3 aromatic carbocycles. The fourth-order valence-corrected chi connectivity index (χ4v) is 2.40. The van der Waals surface area contributed by atoms with Crippen LogP contribution in [0.1, 0.15) is 0 Å². The van der Waals surface area contributed by atoms with Crippen LogP contribution in [0.4, 0.5) is 22.7 Å². The van der Waals surface area contributed by atoms with Gasteiger partial charge >= 0.3 is 0 Å². The molecular weight excluding hydrogens is 256 g/mol. The van der Waals surface area contributed by atoms with E-state index in [1.807, 2.05) is 19.2 Å². The van der Waals surface area contributed by atoms with Crippen LogP contribution < -0.4 is 10.2 Å². The van der Waals surface area contributed by atoms with Gasteiger partial charge in [0.2, 0.25) is 0 Å². The van der Waals surface area contributed by atoms with Gasteiger partial charge in [0, 0.05) is 29.8 Å². The second-order valence-corrected chi connectivity index (χ2v) is 4.81. The van der Waals surface area contributed by atoms with E-state index in [4.69, 9.17) is 0 Å². The molecule has 0 saturated heterocycles. The van der Waals surface area contributed by atoms with Crippen molar-refractivity contribution < 1.29 is 0 Å². The van der Waals surface area contributed by atoms with Gasteiger partial charge in [0.05, 0.1) is 0 Å². The minimum atomic E-state index is 1.10. The summed E-state index contributed by atoms with van der Waals surface area (Å²) in [5.74, 6) is 0. The molecule has 0 saturated carbocycles. The average molecular weight is 274 g/mol. The number of rotatable bonds is 4. The van der Waals surface area contributed by atoms with Crippen LogP contribution in [-0.2, 0) is 0 Å². The Morgan fingerprint density at radius 1 is 0.619 bits per heavy atom. The summed E-state index contributed by atoms with van der Waals surface area (Å²) in [6, 6.07) is 29.2. The summed E-state index contributed by atoms with van der Waals surface area (Å²) < 4.78 is 0. The second kappa shape index (κ2) is 6.14. The molecule has 0 unspecified atom stereocenters. The Morgan fingerprint density at radius 2 is 1.14 bits per heavy atom. The molecule has 0 aliphatic rings. The van der Waals surface area contributed by atoms with E-state index in [1.165, 1.54) is 0 Å². The van der Waals surface area contributed by atoms with Crippen molar-refractivity contribution in [2.45, 2.75) is 0 Å².